The molecular formula is C17H19NO3S. The fourth-order valence-corrected chi connectivity index (χ4v) is 3.12. The number of carbonyl (C=O) groups excluding carboxylic acids is 1. The maximum atomic E-state index is 12.0. The third kappa shape index (κ3) is 3.60. The highest BCUT2D eigenvalue weighted by atomic mass is 32.1. The molecule has 5 heteroatoms. The summed E-state index contributed by atoms with van der Waals surface area (Å²) < 4.78 is 11.1. The van der Waals surface area contributed by atoms with Crippen LogP contribution in [0.3, 0.4) is 0 Å². The molecule has 0 saturated heterocycles. The minimum atomic E-state index is -0.0502. The van der Waals surface area contributed by atoms with E-state index in [1.54, 1.807) is 11.3 Å². The second-order valence-electron chi connectivity index (χ2n) is 5.32. The fourth-order valence-electron chi connectivity index (χ4n) is 2.42. The van der Waals surface area contributed by atoms with Gasteiger partial charge in [0.05, 0.1) is 6.04 Å². The summed E-state index contributed by atoms with van der Waals surface area (Å²) in [6, 6.07) is 7.82. The molecule has 116 valence electrons. The van der Waals surface area contributed by atoms with E-state index in [0.29, 0.717) is 19.6 Å². The standard InChI is InChI=1S/C17H19NO3S/c1-12(18-17(19)5-2-13-6-9-22-11-13)14-3-4-15-16(10-14)21-8-7-20-15/h3-4,6,9-12H,2,5,7-8H2,1H3,(H,18,19)/t12-/m0/s1. The molecule has 1 aliphatic heterocycles. The minimum Gasteiger partial charge on any atom is -0.486 e. The Hall–Kier alpha value is -2.01. The molecule has 4 nitrogen and oxygen atoms in total. The van der Waals surface area contributed by atoms with E-state index in [4.69, 9.17) is 9.47 Å². The molecule has 1 N–H and O–H groups in total. The van der Waals surface area contributed by atoms with Crippen LogP contribution < -0.4 is 14.8 Å². The van der Waals surface area contributed by atoms with Crippen LogP contribution in [0.1, 0.15) is 30.5 Å². The normalized spacial score (nSPS) is 14.4. The summed E-state index contributed by atoms with van der Waals surface area (Å²) in [5.74, 6) is 1.59. The number of ether oxygens (including phenoxy) is 2. The molecule has 3 rings (SSSR count). The molecule has 1 aromatic carbocycles. The SMILES string of the molecule is C[C@H](NC(=O)CCc1ccsc1)c1ccc2c(c1)OCCO2. The molecule has 1 atom stereocenters. The van der Waals surface area contributed by atoms with Gasteiger partial charge in [-0.15, -0.1) is 0 Å². The Bertz CT molecular complexity index is 639. The fraction of sp³-hybridized carbons (Fsp3) is 0.353. The van der Waals surface area contributed by atoms with Gasteiger partial charge >= 0.3 is 0 Å². The average molecular weight is 317 g/mol. The number of carbonyl (C=O) groups is 1. The number of hydrogen-bond donors (Lipinski definition) is 1. The molecule has 0 unspecified atom stereocenters. The Balaban J connectivity index is 1.56. The van der Waals surface area contributed by atoms with E-state index in [1.165, 1.54) is 5.56 Å². The number of benzene rings is 1. The summed E-state index contributed by atoms with van der Waals surface area (Å²) in [4.78, 5) is 12.0. The Labute approximate surface area is 134 Å². The molecule has 0 spiro atoms. The lowest BCUT2D eigenvalue weighted by atomic mass is 10.1. The van der Waals surface area contributed by atoms with Gasteiger partial charge in [-0.05, 0) is 53.4 Å². The lowest BCUT2D eigenvalue weighted by molar-refractivity contribution is -0.121. The summed E-state index contributed by atoms with van der Waals surface area (Å²) in [7, 11) is 0. The first-order valence-electron chi connectivity index (χ1n) is 7.42. The molecule has 22 heavy (non-hydrogen) atoms. The van der Waals surface area contributed by atoms with Crippen LogP contribution in [-0.4, -0.2) is 19.1 Å². The first-order chi connectivity index (χ1) is 10.7. The topological polar surface area (TPSA) is 47.6 Å². The molecule has 0 saturated carbocycles. The van der Waals surface area contributed by atoms with Crippen molar-refractivity contribution in [2.24, 2.45) is 0 Å². The lowest BCUT2D eigenvalue weighted by Gasteiger charge is -2.21. The van der Waals surface area contributed by atoms with Crippen molar-refractivity contribution < 1.29 is 14.3 Å². The van der Waals surface area contributed by atoms with Crippen LogP contribution in [0.15, 0.2) is 35.0 Å². The van der Waals surface area contributed by atoms with Gasteiger partial charge in [-0.3, -0.25) is 4.79 Å². The zero-order valence-electron chi connectivity index (χ0n) is 12.5. The molecule has 0 radical (unpaired) electrons. The first-order valence-corrected chi connectivity index (χ1v) is 8.36. The molecule has 0 aliphatic carbocycles. The van der Waals surface area contributed by atoms with Crippen LogP contribution >= 0.6 is 11.3 Å². The summed E-state index contributed by atoms with van der Waals surface area (Å²) in [6.07, 6.45) is 1.29. The van der Waals surface area contributed by atoms with Crippen molar-refractivity contribution in [1.29, 1.82) is 0 Å². The van der Waals surface area contributed by atoms with Crippen molar-refractivity contribution in [1.82, 2.24) is 5.32 Å². The van der Waals surface area contributed by atoms with Crippen molar-refractivity contribution in [3.05, 3.63) is 46.2 Å². The maximum Gasteiger partial charge on any atom is 0.220 e. The van der Waals surface area contributed by atoms with Crippen molar-refractivity contribution in [3.8, 4) is 11.5 Å². The van der Waals surface area contributed by atoms with Gasteiger partial charge in [0.1, 0.15) is 13.2 Å². The van der Waals surface area contributed by atoms with Crippen LogP contribution in [0, 0.1) is 0 Å². The number of aryl methyl sites for hydroxylation is 1. The van der Waals surface area contributed by atoms with Gasteiger partial charge in [-0.1, -0.05) is 6.07 Å². The van der Waals surface area contributed by atoms with Gasteiger partial charge in [0.25, 0.3) is 0 Å². The van der Waals surface area contributed by atoms with E-state index in [9.17, 15) is 4.79 Å². The minimum absolute atomic E-state index is 0.0502. The molecular weight excluding hydrogens is 298 g/mol. The van der Waals surface area contributed by atoms with Crippen LogP contribution in [-0.2, 0) is 11.2 Å². The summed E-state index contributed by atoms with van der Waals surface area (Å²) in [5.41, 5.74) is 2.24. The number of thiophene rings is 1. The van der Waals surface area contributed by atoms with Crippen LogP contribution in [0.4, 0.5) is 0 Å². The predicted octanol–water partition coefficient (Wildman–Crippen LogP) is 3.33. The van der Waals surface area contributed by atoms with Crippen molar-refractivity contribution in [2.75, 3.05) is 13.2 Å². The predicted molar refractivity (Wildman–Crippen MR) is 86.6 cm³/mol. The number of hydrogen-bond acceptors (Lipinski definition) is 4. The Morgan fingerprint density at radius 1 is 1.27 bits per heavy atom. The molecule has 1 amide bonds. The highest BCUT2D eigenvalue weighted by Gasteiger charge is 2.15. The third-order valence-corrected chi connectivity index (χ3v) is 4.40. The summed E-state index contributed by atoms with van der Waals surface area (Å²) in [5, 5.41) is 7.15. The zero-order chi connectivity index (χ0) is 15.4. The number of rotatable bonds is 5. The smallest absolute Gasteiger partial charge is 0.220 e. The molecule has 2 heterocycles. The monoisotopic (exact) mass is 317 g/mol. The van der Waals surface area contributed by atoms with Gasteiger partial charge in [-0.25, -0.2) is 0 Å². The summed E-state index contributed by atoms with van der Waals surface area (Å²) >= 11 is 1.66. The van der Waals surface area contributed by atoms with Gasteiger partial charge < -0.3 is 14.8 Å². The van der Waals surface area contributed by atoms with Gasteiger partial charge in [0.2, 0.25) is 5.91 Å². The van der Waals surface area contributed by atoms with Crippen molar-refractivity contribution in [3.63, 3.8) is 0 Å². The van der Waals surface area contributed by atoms with Crippen LogP contribution in [0.5, 0.6) is 11.5 Å². The Kier molecular flexibility index (Phi) is 4.63. The summed E-state index contributed by atoms with van der Waals surface area (Å²) in [6.45, 7) is 3.13. The third-order valence-electron chi connectivity index (χ3n) is 3.66. The number of fused-ring (bicyclic) bond motifs is 1. The first kappa shape index (κ1) is 14.9. The zero-order valence-corrected chi connectivity index (χ0v) is 13.3. The molecule has 1 aliphatic rings. The van der Waals surface area contributed by atoms with E-state index in [0.717, 1.165) is 23.5 Å². The lowest BCUT2D eigenvalue weighted by Crippen LogP contribution is -2.27. The number of nitrogens with one attached hydrogen (secondary N) is 1. The molecule has 1 aromatic heterocycles. The van der Waals surface area contributed by atoms with Crippen LogP contribution in [0.2, 0.25) is 0 Å². The molecule has 2 aromatic rings. The van der Waals surface area contributed by atoms with E-state index in [-0.39, 0.29) is 11.9 Å². The highest BCUT2D eigenvalue weighted by molar-refractivity contribution is 7.07. The Morgan fingerprint density at radius 2 is 2.09 bits per heavy atom. The number of amides is 1. The molecule has 0 fully saturated rings. The van der Waals surface area contributed by atoms with Crippen molar-refractivity contribution in [2.45, 2.75) is 25.8 Å². The van der Waals surface area contributed by atoms with E-state index >= 15 is 0 Å². The second kappa shape index (κ2) is 6.83. The van der Waals surface area contributed by atoms with E-state index < -0.39 is 0 Å². The van der Waals surface area contributed by atoms with E-state index in [1.807, 2.05) is 30.5 Å². The van der Waals surface area contributed by atoms with Crippen molar-refractivity contribution >= 4 is 17.2 Å². The Morgan fingerprint density at radius 3 is 2.86 bits per heavy atom. The van der Waals surface area contributed by atoms with Gasteiger partial charge in [-0.2, -0.15) is 11.3 Å². The largest absolute Gasteiger partial charge is 0.486 e. The van der Waals surface area contributed by atoms with E-state index in [2.05, 4.69) is 16.8 Å². The van der Waals surface area contributed by atoms with Crippen LogP contribution in [0.25, 0.3) is 0 Å². The average Bonchev–Trinajstić information content (AvgIpc) is 3.06. The molecule has 0 bridgehead atoms. The quantitative estimate of drug-likeness (QED) is 0.920. The van der Waals surface area contributed by atoms with Gasteiger partial charge in [0, 0.05) is 6.42 Å². The van der Waals surface area contributed by atoms with Gasteiger partial charge in [0.15, 0.2) is 11.5 Å². The highest BCUT2D eigenvalue weighted by Crippen LogP contribution is 2.32. The second-order valence-corrected chi connectivity index (χ2v) is 6.10. The maximum absolute atomic E-state index is 12.0.